The Morgan fingerprint density at radius 3 is 2.38 bits per heavy atom. The summed E-state index contributed by atoms with van der Waals surface area (Å²) in [6.45, 7) is 13.1. The van der Waals surface area contributed by atoms with Crippen LogP contribution in [-0.4, -0.2) is 72.5 Å². The minimum atomic E-state index is -1.61. The molecule has 40 heavy (non-hydrogen) atoms. The number of allylic oxidation sites excluding steroid dienone is 1. The largest absolute Gasteiger partial charge is 0.455 e. The molecule has 8 atom stereocenters. The molecule has 0 aromatic heterocycles. The van der Waals surface area contributed by atoms with Gasteiger partial charge in [0.2, 0.25) is 0 Å². The summed E-state index contributed by atoms with van der Waals surface area (Å²) in [4.78, 5) is 13.7. The molecular formula is C32H42O8. The SMILES string of the molecule is CC1(C)OC[C@@H]2[C@@H](O1)[C@H]1O[C@H]1[C@@]1(C)/C=C/CC(C)(C)[C@@](O)(/C=C/C3(C)OCCO3)[C@H](OC(=O)c3ccccc3)[C@@H]21. The number of carbonyl (C=O) groups is 1. The number of epoxide rings is 1. The molecule has 4 fully saturated rings. The Kier molecular flexibility index (Phi) is 6.65. The topological polar surface area (TPSA) is 96.0 Å². The Hall–Kier alpha value is -2.07. The van der Waals surface area contributed by atoms with E-state index in [1.165, 1.54) is 0 Å². The zero-order valence-electron chi connectivity index (χ0n) is 24.3. The first kappa shape index (κ1) is 28.1. The zero-order valence-corrected chi connectivity index (χ0v) is 24.3. The van der Waals surface area contributed by atoms with Crippen molar-refractivity contribution in [3.8, 4) is 0 Å². The molecule has 3 saturated heterocycles. The molecule has 3 aliphatic heterocycles. The van der Waals surface area contributed by atoms with Gasteiger partial charge >= 0.3 is 5.97 Å². The van der Waals surface area contributed by atoms with Gasteiger partial charge in [0.25, 0.3) is 0 Å². The maximum absolute atomic E-state index is 13.7. The summed E-state index contributed by atoms with van der Waals surface area (Å²) in [6.07, 6.45) is 6.97. The number of carbonyl (C=O) groups excluding carboxylic acids is 1. The van der Waals surface area contributed by atoms with Crippen LogP contribution in [0, 0.1) is 22.7 Å². The van der Waals surface area contributed by atoms with Gasteiger partial charge in [-0.1, -0.05) is 51.1 Å². The predicted octanol–water partition coefficient (Wildman–Crippen LogP) is 4.42. The maximum Gasteiger partial charge on any atom is 0.338 e. The van der Waals surface area contributed by atoms with Crippen LogP contribution in [0.2, 0.25) is 0 Å². The highest BCUT2D eigenvalue weighted by Gasteiger charge is 2.72. The van der Waals surface area contributed by atoms with Crippen LogP contribution in [0.1, 0.15) is 58.3 Å². The van der Waals surface area contributed by atoms with Crippen LogP contribution < -0.4 is 0 Å². The van der Waals surface area contributed by atoms with Crippen LogP contribution in [-0.2, 0) is 28.4 Å². The van der Waals surface area contributed by atoms with Crippen LogP contribution >= 0.6 is 0 Å². The number of hydrogen-bond acceptors (Lipinski definition) is 8. The standard InChI is InChI=1S/C32H42O8/c1-28(2)13-10-14-30(5)22(21-19-37-29(3,4)40-23(21)24-26(30)38-24)25(39-27(33)20-11-8-7-9-12-20)32(28,34)16-15-31(6)35-17-18-36-31/h7-12,14-16,21-26,34H,13,17-19H2,1-6H3/b14-10+,16-15+/t21-,22+,23+,24+,25+,26+,30-,32+/m0/s1. The van der Waals surface area contributed by atoms with E-state index in [1.54, 1.807) is 36.4 Å². The number of benzene rings is 1. The molecule has 0 bridgehead atoms. The van der Waals surface area contributed by atoms with Crippen LogP contribution in [0.15, 0.2) is 54.6 Å². The summed E-state index contributed by atoms with van der Waals surface area (Å²) >= 11 is 0. The Bertz CT molecular complexity index is 1180. The summed E-state index contributed by atoms with van der Waals surface area (Å²) in [5.41, 5.74) is -2.45. The van der Waals surface area contributed by atoms with Gasteiger partial charge < -0.3 is 33.5 Å². The highest BCUT2D eigenvalue weighted by atomic mass is 16.7. The van der Waals surface area contributed by atoms with Gasteiger partial charge in [0.15, 0.2) is 11.6 Å². The fourth-order valence-electron chi connectivity index (χ4n) is 7.32. The van der Waals surface area contributed by atoms with Gasteiger partial charge in [-0.15, -0.1) is 0 Å². The molecule has 218 valence electrons. The number of fused-ring (bicyclic) bond motifs is 6. The van der Waals surface area contributed by atoms with Crippen molar-refractivity contribution in [2.75, 3.05) is 19.8 Å². The van der Waals surface area contributed by atoms with Crippen molar-refractivity contribution in [2.24, 2.45) is 22.7 Å². The first-order chi connectivity index (χ1) is 18.8. The maximum atomic E-state index is 13.7. The van der Waals surface area contributed by atoms with E-state index in [1.807, 2.05) is 40.7 Å². The number of rotatable bonds is 4. The van der Waals surface area contributed by atoms with Gasteiger partial charge in [-0.25, -0.2) is 4.79 Å². The van der Waals surface area contributed by atoms with E-state index in [2.05, 4.69) is 19.1 Å². The van der Waals surface area contributed by atoms with Crippen LogP contribution in [0.25, 0.3) is 0 Å². The van der Waals surface area contributed by atoms with E-state index in [4.69, 9.17) is 28.4 Å². The van der Waals surface area contributed by atoms with E-state index in [-0.39, 0.29) is 30.1 Å². The highest BCUT2D eigenvalue weighted by Crippen LogP contribution is 2.62. The van der Waals surface area contributed by atoms with Crippen molar-refractivity contribution in [2.45, 2.75) is 89.6 Å². The lowest BCUT2D eigenvalue weighted by atomic mass is 9.53. The molecule has 3 heterocycles. The van der Waals surface area contributed by atoms with Crippen molar-refractivity contribution in [3.63, 3.8) is 0 Å². The van der Waals surface area contributed by atoms with Crippen LogP contribution in [0.4, 0.5) is 0 Å². The fraction of sp³-hybridized carbons (Fsp3) is 0.656. The van der Waals surface area contributed by atoms with Crippen LogP contribution in [0.3, 0.4) is 0 Å². The molecular weight excluding hydrogens is 512 g/mol. The molecule has 0 spiro atoms. The molecule has 1 aromatic carbocycles. The molecule has 6 rings (SSSR count). The van der Waals surface area contributed by atoms with E-state index in [0.29, 0.717) is 31.8 Å². The second kappa shape index (κ2) is 9.48. The lowest BCUT2D eigenvalue weighted by Gasteiger charge is -2.57. The molecule has 2 aliphatic carbocycles. The summed E-state index contributed by atoms with van der Waals surface area (Å²) in [6, 6.07) is 8.91. The zero-order chi connectivity index (χ0) is 28.6. The third-order valence-corrected chi connectivity index (χ3v) is 9.80. The van der Waals surface area contributed by atoms with Gasteiger partial charge in [0.1, 0.15) is 17.8 Å². The van der Waals surface area contributed by atoms with Crippen molar-refractivity contribution < 1.29 is 38.3 Å². The second-order valence-corrected chi connectivity index (χ2v) is 13.4. The number of esters is 1. The Morgan fingerprint density at radius 2 is 1.68 bits per heavy atom. The van der Waals surface area contributed by atoms with Gasteiger partial charge in [-0.2, -0.15) is 0 Å². The van der Waals surface area contributed by atoms with E-state index < -0.39 is 40.1 Å². The third kappa shape index (κ3) is 4.57. The highest BCUT2D eigenvalue weighted by molar-refractivity contribution is 5.89. The molecule has 0 amide bonds. The molecule has 0 radical (unpaired) electrons. The predicted molar refractivity (Wildman–Crippen MR) is 146 cm³/mol. The van der Waals surface area contributed by atoms with Gasteiger partial charge in [0.05, 0.1) is 37.6 Å². The van der Waals surface area contributed by atoms with E-state index in [9.17, 15) is 9.90 Å². The van der Waals surface area contributed by atoms with Crippen molar-refractivity contribution in [1.29, 1.82) is 0 Å². The summed E-state index contributed by atoms with van der Waals surface area (Å²) in [5, 5.41) is 12.9. The minimum Gasteiger partial charge on any atom is -0.455 e. The average Bonchev–Trinajstić information content (AvgIpc) is 3.61. The Balaban J connectivity index is 1.50. The van der Waals surface area contributed by atoms with Gasteiger partial charge in [0, 0.05) is 22.7 Å². The number of hydrogen-bond donors (Lipinski definition) is 1. The Morgan fingerprint density at radius 1 is 0.975 bits per heavy atom. The normalized spacial score (nSPS) is 43.5. The van der Waals surface area contributed by atoms with Gasteiger partial charge in [-0.05, 0) is 51.5 Å². The average molecular weight is 555 g/mol. The first-order valence-electron chi connectivity index (χ1n) is 14.4. The van der Waals surface area contributed by atoms with Crippen molar-refractivity contribution in [1.82, 2.24) is 0 Å². The third-order valence-electron chi connectivity index (χ3n) is 9.80. The molecule has 8 nitrogen and oxygen atoms in total. The van der Waals surface area contributed by atoms with Gasteiger partial charge in [-0.3, -0.25) is 0 Å². The quantitative estimate of drug-likeness (QED) is 0.332. The van der Waals surface area contributed by atoms with E-state index >= 15 is 0 Å². The van der Waals surface area contributed by atoms with Crippen LogP contribution in [0.5, 0.6) is 0 Å². The number of ether oxygens (including phenoxy) is 6. The second-order valence-electron chi connectivity index (χ2n) is 13.4. The minimum absolute atomic E-state index is 0.0835. The molecule has 8 heteroatoms. The molecule has 1 saturated carbocycles. The lowest BCUT2D eigenvalue weighted by molar-refractivity contribution is -0.317. The van der Waals surface area contributed by atoms with Crippen molar-refractivity contribution in [3.05, 3.63) is 60.2 Å². The first-order valence-corrected chi connectivity index (χ1v) is 14.4. The summed E-state index contributed by atoms with van der Waals surface area (Å²) in [5.74, 6) is -2.81. The molecule has 1 aromatic rings. The molecule has 1 N–H and O–H groups in total. The van der Waals surface area contributed by atoms with Crippen molar-refractivity contribution >= 4 is 5.97 Å². The van der Waals surface area contributed by atoms with E-state index in [0.717, 1.165) is 0 Å². The fourth-order valence-corrected chi connectivity index (χ4v) is 7.32. The monoisotopic (exact) mass is 554 g/mol. The molecule has 5 aliphatic rings. The lowest BCUT2D eigenvalue weighted by Crippen LogP contribution is -2.67. The Labute approximate surface area is 236 Å². The molecule has 0 unspecified atom stereocenters. The summed E-state index contributed by atoms with van der Waals surface area (Å²) in [7, 11) is 0. The smallest absolute Gasteiger partial charge is 0.338 e. The summed E-state index contributed by atoms with van der Waals surface area (Å²) < 4.78 is 37.2. The number of aliphatic hydroxyl groups is 1.